The minimum Gasteiger partial charge on any atom is -0.486 e. The molecule has 0 atom stereocenters. The van der Waals surface area contributed by atoms with E-state index in [0.29, 0.717) is 30.4 Å². The van der Waals surface area contributed by atoms with Crippen molar-refractivity contribution in [3.05, 3.63) is 18.2 Å². The van der Waals surface area contributed by atoms with Crippen molar-refractivity contribution in [1.82, 2.24) is 0 Å². The second kappa shape index (κ2) is 6.21. The summed E-state index contributed by atoms with van der Waals surface area (Å²) in [6, 6.07) is 4.87. The zero-order valence-corrected chi connectivity index (χ0v) is 12.4. The van der Waals surface area contributed by atoms with E-state index in [-0.39, 0.29) is 19.4 Å². The van der Waals surface area contributed by atoms with Gasteiger partial charge in [0.15, 0.2) is 11.5 Å². The summed E-state index contributed by atoms with van der Waals surface area (Å²) in [5.74, 6) is 0.111. The zero-order chi connectivity index (χ0) is 15.5. The van der Waals surface area contributed by atoms with E-state index >= 15 is 0 Å². The van der Waals surface area contributed by atoms with E-state index < -0.39 is 16.0 Å². The highest BCUT2D eigenvalue weighted by atomic mass is 32.2. The highest BCUT2D eigenvalue weighted by Gasteiger charge is 2.20. The van der Waals surface area contributed by atoms with Gasteiger partial charge in [-0.1, -0.05) is 0 Å². The molecule has 0 saturated carbocycles. The van der Waals surface area contributed by atoms with Crippen molar-refractivity contribution in [1.29, 1.82) is 0 Å². The molecule has 2 rings (SSSR count). The lowest BCUT2D eigenvalue weighted by atomic mass is 10.2. The Morgan fingerprint density at radius 3 is 2.57 bits per heavy atom. The van der Waals surface area contributed by atoms with Gasteiger partial charge in [0.2, 0.25) is 10.0 Å². The molecule has 1 aromatic rings. The largest absolute Gasteiger partial charge is 0.486 e. The van der Waals surface area contributed by atoms with Gasteiger partial charge in [-0.2, -0.15) is 0 Å². The van der Waals surface area contributed by atoms with Crippen LogP contribution in [0.2, 0.25) is 0 Å². The number of rotatable bonds is 6. The number of aliphatic carboxylic acids is 1. The van der Waals surface area contributed by atoms with Gasteiger partial charge in [0.25, 0.3) is 0 Å². The number of anilines is 1. The lowest BCUT2D eigenvalue weighted by Crippen LogP contribution is -2.31. The fourth-order valence-electron chi connectivity index (χ4n) is 2.05. The maximum Gasteiger partial charge on any atom is 0.303 e. The first-order chi connectivity index (χ1) is 9.88. The average Bonchev–Trinajstić information content (AvgIpc) is 2.41. The molecule has 0 unspecified atom stereocenters. The Labute approximate surface area is 123 Å². The van der Waals surface area contributed by atoms with Crippen LogP contribution in [0, 0.1) is 0 Å². The average molecular weight is 315 g/mol. The number of carboxylic acids is 1. The molecule has 21 heavy (non-hydrogen) atoms. The number of nitrogens with zero attached hydrogens (tertiary/aromatic N) is 1. The van der Waals surface area contributed by atoms with Crippen molar-refractivity contribution in [3.63, 3.8) is 0 Å². The Balaban J connectivity index is 2.22. The third-order valence-corrected chi connectivity index (χ3v) is 4.16. The highest BCUT2D eigenvalue weighted by molar-refractivity contribution is 7.92. The second-order valence-corrected chi connectivity index (χ2v) is 6.57. The molecule has 0 aliphatic carbocycles. The van der Waals surface area contributed by atoms with Gasteiger partial charge in [-0.3, -0.25) is 9.10 Å². The number of hydrogen-bond donors (Lipinski definition) is 1. The molecule has 1 aromatic carbocycles. The van der Waals surface area contributed by atoms with E-state index in [0.717, 1.165) is 6.26 Å². The predicted octanol–water partition coefficient (Wildman–Crippen LogP) is 1.09. The zero-order valence-electron chi connectivity index (χ0n) is 11.6. The van der Waals surface area contributed by atoms with Crippen LogP contribution in [0.15, 0.2) is 18.2 Å². The summed E-state index contributed by atoms with van der Waals surface area (Å²) in [4.78, 5) is 10.6. The van der Waals surface area contributed by atoms with E-state index in [1.165, 1.54) is 4.31 Å². The first-order valence-electron chi connectivity index (χ1n) is 6.47. The molecule has 0 amide bonds. The molecular formula is C13H17NO6S. The smallest absolute Gasteiger partial charge is 0.303 e. The topological polar surface area (TPSA) is 93.1 Å². The summed E-state index contributed by atoms with van der Waals surface area (Å²) >= 11 is 0. The SMILES string of the molecule is CS(=O)(=O)N(CCCC(=O)O)c1ccc2c(c1)OCCO2. The van der Waals surface area contributed by atoms with Crippen LogP contribution in [0.1, 0.15) is 12.8 Å². The molecule has 0 spiro atoms. The Kier molecular flexibility index (Phi) is 4.56. The maximum absolute atomic E-state index is 11.9. The Bertz CT molecular complexity index is 628. The molecule has 0 saturated heterocycles. The van der Waals surface area contributed by atoms with Gasteiger partial charge in [0.05, 0.1) is 11.9 Å². The molecule has 8 heteroatoms. The molecule has 1 heterocycles. The fraction of sp³-hybridized carbons (Fsp3) is 0.462. The van der Waals surface area contributed by atoms with Crippen LogP contribution in [0.5, 0.6) is 11.5 Å². The van der Waals surface area contributed by atoms with Crippen LogP contribution in [-0.2, 0) is 14.8 Å². The molecule has 0 aromatic heterocycles. The van der Waals surface area contributed by atoms with Crippen molar-refractivity contribution in [2.75, 3.05) is 30.3 Å². The highest BCUT2D eigenvalue weighted by Crippen LogP contribution is 2.34. The number of fused-ring (bicyclic) bond motifs is 1. The van der Waals surface area contributed by atoms with Crippen LogP contribution < -0.4 is 13.8 Å². The lowest BCUT2D eigenvalue weighted by Gasteiger charge is -2.25. The first-order valence-corrected chi connectivity index (χ1v) is 8.32. The Hall–Kier alpha value is -1.96. The van der Waals surface area contributed by atoms with Gasteiger partial charge in [-0.05, 0) is 18.6 Å². The number of carbonyl (C=O) groups is 1. The van der Waals surface area contributed by atoms with Gasteiger partial charge in [0, 0.05) is 19.0 Å². The minimum absolute atomic E-state index is 0.0867. The lowest BCUT2D eigenvalue weighted by molar-refractivity contribution is -0.137. The molecule has 1 aliphatic rings. The van der Waals surface area contributed by atoms with Crippen LogP contribution in [0.25, 0.3) is 0 Å². The number of carboxylic acid groups (broad SMARTS) is 1. The molecule has 0 bridgehead atoms. The van der Waals surface area contributed by atoms with E-state index in [4.69, 9.17) is 14.6 Å². The number of benzene rings is 1. The second-order valence-electron chi connectivity index (χ2n) is 4.66. The van der Waals surface area contributed by atoms with Crippen LogP contribution in [-0.4, -0.2) is 45.5 Å². The Morgan fingerprint density at radius 1 is 1.29 bits per heavy atom. The third-order valence-electron chi connectivity index (χ3n) is 2.97. The molecule has 0 fully saturated rings. The van der Waals surface area contributed by atoms with Crippen molar-refractivity contribution in [2.24, 2.45) is 0 Å². The van der Waals surface area contributed by atoms with Crippen LogP contribution in [0.3, 0.4) is 0 Å². The summed E-state index contributed by atoms with van der Waals surface area (Å²) < 4.78 is 35.8. The minimum atomic E-state index is -3.50. The van der Waals surface area contributed by atoms with Crippen molar-refractivity contribution >= 4 is 21.7 Å². The first kappa shape index (κ1) is 15.4. The van der Waals surface area contributed by atoms with E-state index in [1.807, 2.05) is 0 Å². The van der Waals surface area contributed by atoms with Crippen LogP contribution in [0.4, 0.5) is 5.69 Å². The number of ether oxygens (including phenoxy) is 2. The summed E-state index contributed by atoms with van der Waals surface area (Å²) in [7, 11) is -3.50. The number of sulfonamides is 1. The van der Waals surface area contributed by atoms with Gasteiger partial charge in [-0.25, -0.2) is 8.42 Å². The summed E-state index contributed by atoms with van der Waals surface area (Å²) in [5.41, 5.74) is 0.437. The molecule has 1 N–H and O–H groups in total. The standard InChI is InChI=1S/C13H17NO6S/c1-21(17,18)14(6-2-3-13(15)16)10-4-5-11-12(9-10)20-8-7-19-11/h4-5,9H,2-3,6-8H2,1H3,(H,15,16). The van der Waals surface area contributed by atoms with E-state index in [9.17, 15) is 13.2 Å². The van der Waals surface area contributed by atoms with Gasteiger partial charge in [0.1, 0.15) is 13.2 Å². The maximum atomic E-state index is 11.9. The quantitative estimate of drug-likeness (QED) is 0.844. The fourth-order valence-corrected chi connectivity index (χ4v) is 3.00. The molecule has 7 nitrogen and oxygen atoms in total. The van der Waals surface area contributed by atoms with Gasteiger partial charge < -0.3 is 14.6 Å². The molecule has 1 aliphatic heterocycles. The van der Waals surface area contributed by atoms with Crippen LogP contribution >= 0.6 is 0 Å². The summed E-state index contributed by atoms with van der Waals surface area (Å²) in [6.45, 7) is 0.972. The van der Waals surface area contributed by atoms with Crippen molar-refractivity contribution in [3.8, 4) is 11.5 Å². The molecular weight excluding hydrogens is 298 g/mol. The van der Waals surface area contributed by atoms with E-state index in [1.54, 1.807) is 18.2 Å². The normalized spacial score (nSPS) is 13.8. The molecule has 0 radical (unpaired) electrons. The summed E-state index contributed by atoms with van der Waals surface area (Å²) in [6.07, 6.45) is 1.23. The van der Waals surface area contributed by atoms with E-state index in [2.05, 4.69) is 0 Å². The van der Waals surface area contributed by atoms with Crippen molar-refractivity contribution < 1.29 is 27.8 Å². The number of hydrogen-bond acceptors (Lipinski definition) is 5. The third kappa shape index (κ3) is 4.01. The van der Waals surface area contributed by atoms with Crippen molar-refractivity contribution in [2.45, 2.75) is 12.8 Å². The Morgan fingerprint density at radius 2 is 1.95 bits per heavy atom. The molecule has 116 valence electrons. The monoisotopic (exact) mass is 315 g/mol. The van der Waals surface area contributed by atoms with Gasteiger partial charge in [-0.15, -0.1) is 0 Å². The summed E-state index contributed by atoms with van der Waals surface area (Å²) in [5, 5.41) is 8.65. The predicted molar refractivity (Wildman–Crippen MR) is 76.5 cm³/mol. The van der Waals surface area contributed by atoms with Gasteiger partial charge >= 0.3 is 5.97 Å².